The minimum Gasteiger partial charge on any atom is -0.339 e. The number of nitrogens with one attached hydrogen (secondary N) is 2. The summed E-state index contributed by atoms with van der Waals surface area (Å²) in [5, 5.41) is 6.07. The Labute approximate surface area is 182 Å². The van der Waals surface area contributed by atoms with Crippen LogP contribution >= 0.6 is 0 Å². The predicted molar refractivity (Wildman–Crippen MR) is 121 cm³/mol. The van der Waals surface area contributed by atoms with Crippen molar-refractivity contribution < 1.29 is 4.79 Å². The molecule has 162 valence electrons. The fourth-order valence-electron chi connectivity index (χ4n) is 3.98. The summed E-state index contributed by atoms with van der Waals surface area (Å²) < 4.78 is 2.14. The van der Waals surface area contributed by atoms with E-state index in [1.54, 1.807) is 18.5 Å². The fraction of sp³-hybridized carbons (Fsp3) is 0.391. The minimum atomic E-state index is -0.191. The zero-order valence-corrected chi connectivity index (χ0v) is 18.0. The van der Waals surface area contributed by atoms with Crippen molar-refractivity contribution in [2.45, 2.75) is 45.2 Å². The molecule has 1 aromatic carbocycles. The van der Waals surface area contributed by atoms with Crippen LogP contribution in [0.25, 0.3) is 0 Å². The lowest BCUT2D eigenvalue weighted by molar-refractivity contribution is 0.246. The summed E-state index contributed by atoms with van der Waals surface area (Å²) in [6, 6.07) is 9.61. The van der Waals surface area contributed by atoms with Crippen LogP contribution in [-0.2, 0) is 6.54 Å². The van der Waals surface area contributed by atoms with E-state index in [1.165, 1.54) is 0 Å². The molecule has 0 radical (unpaired) electrons. The molecule has 1 aliphatic heterocycles. The molecule has 0 spiro atoms. The van der Waals surface area contributed by atoms with Crippen molar-refractivity contribution in [2.75, 3.05) is 23.3 Å². The summed E-state index contributed by atoms with van der Waals surface area (Å²) in [5.74, 6) is 2.13. The molecular weight excluding hydrogens is 390 g/mol. The van der Waals surface area contributed by atoms with Crippen molar-refractivity contribution in [1.82, 2.24) is 24.8 Å². The number of aromatic nitrogens is 4. The van der Waals surface area contributed by atoms with Gasteiger partial charge in [0.2, 0.25) is 5.95 Å². The Morgan fingerprint density at radius 1 is 1.16 bits per heavy atom. The molecule has 1 unspecified atom stereocenters. The third-order valence-electron chi connectivity index (χ3n) is 5.39. The minimum absolute atomic E-state index is 0.0558. The van der Waals surface area contributed by atoms with Crippen LogP contribution in [0.5, 0.6) is 0 Å². The van der Waals surface area contributed by atoms with Gasteiger partial charge in [0.25, 0.3) is 0 Å². The lowest BCUT2D eigenvalue weighted by Gasteiger charge is -2.33. The van der Waals surface area contributed by atoms with Gasteiger partial charge in [0, 0.05) is 62.1 Å². The largest absolute Gasteiger partial charge is 0.339 e. The SMILES string of the molecule is CC(C)c1nccn1Cc1cccc(NC(=O)NC2CCCN(c3ncccn3)C2)c1. The summed E-state index contributed by atoms with van der Waals surface area (Å²) in [5.41, 5.74) is 1.89. The fourth-order valence-corrected chi connectivity index (χ4v) is 3.98. The van der Waals surface area contributed by atoms with Crippen LogP contribution in [0.1, 0.15) is 44.0 Å². The van der Waals surface area contributed by atoms with E-state index in [9.17, 15) is 4.79 Å². The number of amides is 2. The molecule has 31 heavy (non-hydrogen) atoms. The highest BCUT2D eigenvalue weighted by atomic mass is 16.2. The first-order valence-electron chi connectivity index (χ1n) is 10.8. The normalized spacial score (nSPS) is 16.4. The Kier molecular flexibility index (Phi) is 6.45. The number of benzene rings is 1. The molecule has 0 bridgehead atoms. The van der Waals surface area contributed by atoms with Gasteiger partial charge in [-0.1, -0.05) is 26.0 Å². The third-order valence-corrected chi connectivity index (χ3v) is 5.39. The zero-order chi connectivity index (χ0) is 21.6. The molecule has 1 saturated heterocycles. The number of nitrogens with zero attached hydrogens (tertiary/aromatic N) is 5. The number of anilines is 2. The monoisotopic (exact) mass is 419 g/mol. The zero-order valence-electron chi connectivity index (χ0n) is 18.0. The van der Waals surface area contributed by atoms with E-state index in [2.05, 4.69) is 55.0 Å². The molecule has 0 saturated carbocycles. The molecule has 2 amide bonds. The first-order valence-corrected chi connectivity index (χ1v) is 10.8. The first-order chi connectivity index (χ1) is 15.1. The van der Waals surface area contributed by atoms with Crippen LogP contribution in [0.4, 0.5) is 16.4 Å². The highest BCUT2D eigenvalue weighted by molar-refractivity contribution is 5.89. The van der Waals surface area contributed by atoms with E-state index in [0.29, 0.717) is 18.4 Å². The summed E-state index contributed by atoms with van der Waals surface area (Å²) in [6.07, 6.45) is 9.24. The number of hydrogen-bond donors (Lipinski definition) is 2. The second-order valence-electron chi connectivity index (χ2n) is 8.20. The van der Waals surface area contributed by atoms with Gasteiger partial charge < -0.3 is 20.1 Å². The van der Waals surface area contributed by atoms with E-state index >= 15 is 0 Å². The smallest absolute Gasteiger partial charge is 0.319 e. The maximum atomic E-state index is 12.6. The number of imidazole rings is 1. The maximum absolute atomic E-state index is 12.6. The molecule has 4 rings (SSSR count). The number of piperidine rings is 1. The van der Waals surface area contributed by atoms with Crippen molar-refractivity contribution in [3.63, 3.8) is 0 Å². The van der Waals surface area contributed by atoms with Gasteiger partial charge in [0.05, 0.1) is 0 Å². The van der Waals surface area contributed by atoms with Crippen molar-refractivity contribution >= 4 is 17.7 Å². The maximum Gasteiger partial charge on any atom is 0.319 e. The quantitative estimate of drug-likeness (QED) is 0.637. The summed E-state index contributed by atoms with van der Waals surface area (Å²) in [6.45, 7) is 6.60. The summed E-state index contributed by atoms with van der Waals surface area (Å²) in [4.78, 5) is 27.8. The molecule has 3 heterocycles. The van der Waals surface area contributed by atoms with E-state index in [4.69, 9.17) is 0 Å². The Balaban J connectivity index is 1.34. The van der Waals surface area contributed by atoms with Crippen molar-refractivity contribution in [2.24, 2.45) is 0 Å². The van der Waals surface area contributed by atoms with E-state index in [1.807, 2.05) is 30.6 Å². The molecule has 8 nitrogen and oxygen atoms in total. The van der Waals surface area contributed by atoms with Gasteiger partial charge in [-0.25, -0.2) is 19.7 Å². The number of carbonyl (C=O) groups excluding carboxylic acids is 1. The Hall–Kier alpha value is -3.42. The first kappa shape index (κ1) is 20.8. The Morgan fingerprint density at radius 2 is 2.00 bits per heavy atom. The van der Waals surface area contributed by atoms with Gasteiger partial charge in [-0.3, -0.25) is 0 Å². The topological polar surface area (TPSA) is 88.0 Å². The summed E-state index contributed by atoms with van der Waals surface area (Å²) in [7, 11) is 0. The molecule has 0 aliphatic carbocycles. The Morgan fingerprint density at radius 3 is 2.81 bits per heavy atom. The standard InChI is InChI=1S/C23H29N7O/c1-17(2)21-24-11-13-29(21)15-18-6-3-7-19(14-18)27-23(31)28-20-8-4-12-30(16-20)22-25-9-5-10-26-22/h3,5-7,9-11,13-14,17,20H,4,8,12,15-16H2,1-2H3,(H2,27,28,31). The highest BCUT2D eigenvalue weighted by Gasteiger charge is 2.23. The molecule has 3 aromatic rings. The van der Waals surface area contributed by atoms with Crippen LogP contribution in [-0.4, -0.2) is 44.7 Å². The van der Waals surface area contributed by atoms with Crippen molar-refractivity contribution in [3.8, 4) is 0 Å². The van der Waals surface area contributed by atoms with Crippen molar-refractivity contribution in [1.29, 1.82) is 0 Å². The molecule has 2 aromatic heterocycles. The third kappa shape index (κ3) is 5.39. The van der Waals surface area contributed by atoms with Crippen LogP contribution in [0.15, 0.2) is 55.1 Å². The van der Waals surface area contributed by atoms with Gasteiger partial charge in [0.1, 0.15) is 5.82 Å². The van der Waals surface area contributed by atoms with Crippen LogP contribution in [0, 0.1) is 0 Å². The molecular formula is C23H29N7O. The summed E-state index contributed by atoms with van der Waals surface area (Å²) >= 11 is 0. The average molecular weight is 420 g/mol. The molecule has 2 N–H and O–H groups in total. The highest BCUT2D eigenvalue weighted by Crippen LogP contribution is 2.18. The number of hydrogen-bond acceptors (Lipinski definition) is 5. The van der Waals surface area contributed by atoms with Gasteiger partial charge in [-0.05, 0) is 36.6 Å². The number of urea groups is 1. The Bertz CT molecular complexity index is 1000. The van der Waals surface area contributed by atoms with Gasteiger partial charge in [-0.2, -0.15) is 0 Å². The van der Waals surface area contributed by atoms with Crippen LogP contribution < -0.4 is 15.5 Å². The molecule has 1 aliphatic rings. The molecule has 1 fully saturated rings. The molecule has 8 heteroatoms. The molecule has 1 atom stereocenters. The number of carbonyl (C=O) groups is 1. The van der Waals surface area contributed by atoms with Crippen molar-refractivity contribution in [3.05, 3.63) is 66.5 Å². The van der Waals surface area contributed by atoms with Crippen LogP contribution in [0.2, 0.25) is 0 Å². The lowest BCUT2D eigenvalue weighted by Crippen LogP contribution is -2.49. The second kappa shape index (κ2) is 9.59. The lowest BCUT2D eigenvalue weighted by atomic mass is 10.1. The van der Waals surface area contributed by atoms with Crippen LogP contribution in [0.3, 0.4) is 0 Å². The predicted octanol–water partition coefficient (Wildman–Crippen LogP) is 3.64. The van der Waals surface area contributed by atoms with Gasteiger partial charge >= 0.3 is 6.03 Å². The number of rotatable bonds is 6. The van der Waals surface area contributed by atoms with E-state index in [-0.39, 0.29) is 12.1 Å². The second-order valence-corrected chi connectivity index (χ2v) is 8.20. The van der Waals surface area contributed by atoms with E-state index < -0.39 is 0 Å². The van der Waals surface area contributed by atoms with E-state index in [0.717, 1.165) is 43.0 Å². The van der Waals surface area contributed by atoms with Gasteiger partial charge in [-0.15, -0.1) is 0 Å². The average Bonchev–Trinajstić information content (AvgIpc) is 3.23. The van der Waals surface area contributed by atoms with Gasteiger partial charge in [0.15, 0.2) is 0 Å².